The summed E-state index contributed by atoms with van der Waals surface area (Å²) in [5, 5.41) is 10.0. The van der Waals surface area contributed by atoms with Gasteiger partial charge in [-0.05, 0) is 36.1 Å². The fraction of sp³-hybridized carbons (Fsp3) is 0.188. The molecule has 2 nitrogen and oxygen atoms in total. The molecule has 19 heavy (non-hydrogen) atoms. The third-order valence-electron chi connectivity index (χ3n) is 3.76. The Morgan fingerprint density at radius 2 is 1.84 bits per heavy atom. The highest BCUT2D eigenvalue weighted by Gasteiger charge is 2.51. The smallest absolute Gasteiger partial charge is 0.314 e. The average Bonchev–Trinajstić information content (AvgIpc) is 3.21. The molecule has 0 aromatic heterocycles. The summed E-state index contributed by atoms with van der Waals surface area (Å²) in [4.78, 5) is 11.4. The van der Waals surface area contributed by atoms with Gasteiger partial charge < -0.3 is 5.11 Å². The van der Waals surface area contributed by atoms with E-state index < -0.39 is 11.4 Å². The Kier molecular flexibility index (Phi) is 2.83. The Morgan fingerprint density at radius 3 is 2.47 bits per heavy atom. The van der Waals surface area contributed by atoms with Gasteiger partial charge in [0.15, 0.2) is 0 Å². The molecule has 0 heterocycles. The molecule has 0 spiro atoms. The van der Waals surface area contributed by atoms with E-state index in [0.29, 0.717) is 17.9 Å². The van der Waals surface area contributed by atoms with E-state index in [9.17, 15) is 9.90 Å². The Balaban J connectivity index is 2.07. The van der Waals surface area contributed by atoms with Gasteiger partial charge in [-0.15, -0.1) is 0 Å². The van der Waals surface area contributed by atoms with Crippen molar-refractivity contribution in [2.24, 2.45) is 0 Å². The van der Waals surface area contributed by atoms with Crippen molar-refractivity contribution in [3.63, 3.8) is 0 Å². The number of rotatable bonds is 3. The van der Waals surface area contributed by atoms with Crippen molar-refractivity contribution in [3.8, 4) is 11.1 Å². The molecular formula is C16H13ClO2. The van der Waals surface area contributed by atoms with Crippen LogP contribution in [0.25, 0.3) is 11.1 Å². The first-order valence-electron chi connectivity index (χ1n) is 6.22. The van der Waals surface area contributed by atoms with E-state index in [2.05, 4.69) is 0 Å². The van der Waals surface area contributed by atoms with E-state index in [1.807, 2.05) is 48.5 Å². The van der Waals surface area contributed by atoms with Crippen LogP contribution >= 0.6 is 11.6 Å². The molecule has 2 aromatic rings. The zero-order valence-electron chi connectivity index (χ0n) is 10.3. The monoisotopic (exact) mass is 272 g/mol. The number of carboxylic acids is 1. The maximum Gasteiger partial charge on any atom is 0.314 e. The first-order valence-corrected chi connectivity index (χ1v) is 6.60. The summed E-state index contributed by atoms with van der Waals surface area (Å²) in [5.41, 5.74) is 2.11. The van der Waals surface area contributed by atoms with E-state index in [1.165, 1.54) is 0 Å². The minimum atomic E-state index is -0.733. The third-order valence-corrected chi connectivity index (χ3v) is 4.09. The van der Waals surface area contributed by atoms with Gasteiger partial charge in [-0.1, -0.05) is 48.0 Å². The summed E-state index contributed by atoms with van der Waals surface area (Å²) in [7, 11) is 0. The molecule has 0 atom stereocenters. The van der Waals surface area contributed by atoms with Crippen molar-refractivity contribution in [2.75, 3.05) is 0 Å². The fourth-order valence-corrected chi connectivity index (χ4v) is 2.68. The van der Waals surface area contributed by atoms with Crippen molar-refractivity contribution < 1.29 is 9.90 Å². The number of benzene rings is 2. The Morgan fingerprint density at radius 1 is 1.11 bits per heavy atom. The molecule has 1 fully saturated rings. The van der Waals surface area contributed by atoms with Crippen molar-refractivity contribution in [1.29, 1.82) is 0 Å². The molecule has 96 valence electrons. The molecule has 3 heteroatoms. The van der Waals surface area contributed by atoms with Crippen LogP contribution in [0.5, 0.6) is 0 Å². The van der Waals surface area contributed by atoms with Gasteiger partial charge in [0.25, 0.3) is 0 Å². The quantitative estimate of drug-likeness (QED) is 0.912. The van der Waals surface area contributed by atoms with Crippen molar-refractivity contribution >= 4 is 17.6 Å². The molecule has 1 aliphatic carbocycles. The van der Waals surface area contributed by atoms with Crippen LogP contribution in [0.15, 0.2) is 48.5 Å². The number of aliphatic carboxylic acids is 1. The molecule has 0 unspecified atom stereocenters. The third kappa shape index (κ3) is 2.02. The second-order valence-electron chi connectivity index (χ2n) is 4.95. The maximum absolute atomic E-state index is 11.4. The molecule has 1 N–H and O–H groups in total. The van der Waals surface area contributed by atoms with Crippen LogP contribution in [0.3, 0.4) is 0 Å². The summed E-state index contributed by atoms with van der Waals surface area (Å²) < 4.78 is 0. The van der Waals surface area contributed by atoms with Crippen LogP contribution in [0.1, 0.15) is 18.4 Å². The van der Waals surface area contributed by atoms with Crippen molar-refractivity contribution in [2.45, 2.75) is 18.3 Å². The lowest BCUT2D eigenvalue weighted by atomic mass is 9.93. The molecule has 2 aromatic carbocycles. The molecule has 0 aliphatic heterocycles. The van der Waals surface area contributed by atoms with Crippen molar-refractivity contribution in [1.82, 2.24) is 0 Å². The maximum atomic E-state index is 11.4. The number of halogens is 1. The highest BCUT2D eigenvalue weighted by molar-refractivity contribution is 6.33. The van der Waals surface area contributed by atoms with Gasteiger partial charge in [-0.3, -0.25) is 4.79 Å². The van der Waals surface area contributed by atoms with Crippen LogP contribution < -0.4 is 0 Å². The van der Waals surface area contributed by atoms with Crippen molar-refractivity contribution in [3.05, 3.63) is 59.1 Å². The largest absolute Gasteiger partial charge is 0.481 e. The molecule has 1 saturated carbocycles. The molecule has 3 rings (SSSR count). The summed E-state index contributed by atoms with van der Waals surface area (Å²) >= 11 is 6.19. The predicted molar refractivity (Wildman–Crippen MR) is 75.4 cm³/mol. The molecule has 0 amide bonds. The highest BCUT2D eigenvalue weighted by Crippen LogP contribution is 2.49. The van der Waals surface area contributed by atoms with E-state index in [0.717, 1.165) is 16.7 Å². The van der Waals surface area contributed by atoms with Gasteiger partial charge >= 0.3 is 5.97 Å². The predicted octanol–water partition coefficient (Wildman–Crippen LogP) is 4.12. The van der Waals surface area contributed by atoms with Gasteiger partial charge in [0.1, 0.15) is 0 Å². The lowest BCUT2D eigenvalue weighted by Gasteiger charge is -2.12. The van der Waals surface area contributed by atoms with Crippen LogP contribution in [-0.4, -0.2) is 11.1 Å². The van der Waals surface area contributed by atoms with Crippen LogP contribution in [-0.2, 0) is 10.2 Å². The summed E-state index contributed by atoms with van der Waals surface area (Å²) in [6, 6.07) is 15.3. The number of hydrogen-bond acceptors (Lipinski definition) is 1. The SMILES string of the molecule is O=C(O)C1(c2cccc(-c3ccccc3Cl)c2)CC1. The van der Waals surface area contributed by atoms with E-state index in [1.54, 1.807) is 0 Å². The fourth-order valence-electron chi connectivity index (χ4n) is 2.43. The van der Waals surface area contributed by atoms with E-state index in [4.69, 9.17) is 11.6 Å². The highest BCUT2D eigenvalue weighted by atomic mass is 35.5. The van der Waals surface area contributed by atoms with Gasteiger partial charge in [0, 0.05) is 10.6 Å². The molecular weight excluding hydrogens is 260 g/mol. The van der Waals surface area contributed by atoms with Gasteiger partial charge in [-0.25, -0.2) is 0 Å². The average molecular weight is 273 g/mol. The Bertz CT molecular complexity index is 645. The standard InChI is InChI=1S/C16H13ClO2/c17-14-7-2-1-6-13(14)11-4-3-5-12(10-11)16(8-9-16)15(18)19/h1-7,10H,8-9H2,(H,18,19). The number of carbonyl (C=O) groups is 1. The minimum absolute atomic E-state index is 0.669. The number of hydrogen-bond donors (Lipinski definition) is 1. The van der Waals surface area contributed by atoms with Gasteiger partial charge in [-0.2, -0.15) is 0 Å². The van der Waals surface area contributed by atoms with E-state index in [-0.39, 0.29) is 0 Å². The first-order chi connectivity index (χ1) is 9.13. The Hall–Kier alpha value is -1.80. The second-order valence-corrected chi connectivity index (χ2v) is 5.36. The topological polar surface area (TPSA) is 37.3 Å². The van der Waals surface area contributed by atoms with Crippen LogP contribution in [0.2, 0.25) is 5.02 Å². The second kappa shape index (κ2) is 4.39. The summed E-state index contributed by atoms with van der Waals surface area (Å²) in [6.07, 6.45) is 1.43. The molecule has 0 bridgehead atoms. The summed E-state index contributed by atoms with van der Waals surface area (Å²) in [5.74, 6) is -0.733. The van der Waals surface area contributed by atoms with E-state index >= 15 is 0 Å². The van der Waals surface area contributed by atoms with Gasteiger partial charge in [0.2, 0.25) is 0 Å². The Labute approximate surface area is 116 Å². The summed E-state index contributed by atoms with van der Waals surface area (Å²) in [6.45, 7) is 0. The van der Waals surface area contributed by atoms with Crippen LogP contribution in [0, 0.1) is 0 Å². The zero-order chi connectivity index (χ0) is 13.5. The lowest BCUT2D eigenvalue weighted by molar-refractivity contribution is -0.140. The number of carboxylic acid groups (broad SMARTS) is 1. The minimum Gasteiger partial charge on any atom is -0.481 e. The normalized spacial score (nSPS) is 16.1. The first kappa shape index (κ1) is 12.2. The molecule has 0 radical (unpaired) electrons. The molecule has 1 aliphatic rings. The van der Waals surface area contributed by atoms with Gasteiger partial charge in [0.05, 0.1) is 5.41 Å². The lowest BCUT2D eigenvalue weighted by Crippen LogP contribution is -2.19. The van der Waals surface area contributed by atoms with Crippen LogP contribution in [0.4, 0.5) is 0 Å². The molecule has 0 saturated heterocycles. The zero-order valence-corrected chi connectivity index (χ0v) is 11.0.